The lowest BCUT2D eigenvalue weighted by Gasteiger charge is -2.33. The van der Waals surface area contributed by atoms with Crippen LogP contribution in [-0.4, -0.2) is 57.1 Å². The molecule has 1 atom stereocenters. The molecule has 0 radical (unpaired) electrons. The van der Waals surface area contributed by atoms with Gasteiger partial charge in [-0.2, -0.15) is 0 Å². The largest absolute Gasteiger partial charge is 0.354 e. The highest BCUT2D eigenvalue weighted by atomic mass is 35.5. The van der Waals surface area contributed by atoms with E-state index in [4.69, 9.17) is 11.6 Å². The van der Waals surface area contributed by atoms with Crippen LogP contribution in [0.2, 0.25) is 5.02 Å². The number of rotatable bonds is 12. The van der Waals surface area contributed by atoms with Crippen molar-refractivity contribution in [2.24, 2.45) is 0 Å². The van der Waals surface area contributed by atoms with E-state index in [1.54, 1.807) is 24.3 Å². The van der Waals surface area contributed by atoms with Crippen molar-refractivity contribution in [2.45, 2.75) is 39.2 Å². The van der Waals surface area contributed by atoms with Gasteiger partial charge in [-0.1, -0.05) is 67.9 Å². The molecule has 9 heteroatoms. The number of hydrogen-bond donors (Lipinski definition) is 1. The highest BCUT2D eigenvalue weighted by Crippen LogP contribution is 2.27. The Kier molecular flexibility index (Phi) is 10.2. The van der Waals surface area contributed by atoms with E-state index in [1.807, 2.05) is 44.2 Å². The van der Waals surface area contributed by atoms with E-state index < -0.39 is 28.5 Å². The molecule has 0 aliphatic rings. The Balaban J connectivity index is 2.35. The molecule has 0 bridgehead atoms. The van der Waals surface area contributed by atoms with E-state index >= 15 is 0 Å². The summed E-state index contributed by atoms with van der Waals surface area (Å²) in [6, 6.07) is 15.4. The Morgan fingerprint density at radius 2 is 1.67 bits per heavy atom. The first-order valence-electron chi connectivity index (χ1n) is 11.0. The molecule has 180 valence electrons. The molecule has 2 rings (SSSR count). The molecular formula is C24H32ClN3O4S. The maximum Gasteiger partial charge on any atom is 0.244 e. The zero-order valence-corrected chi connectivity index (χ0v) is 20.9. The molecule has 33 heavy (non-hydrogen) atoms. The van der Waals surface area contributed by atoms with Crippen molar-refractivity contribution in [2.75, 3.05) is 30.2 Å². The monoisotopic (exact) mass is 493 g/mol. The lowest BCUT2D eigenvalue weighted by atomic mass is 10.1. The molecule has 1 N–H and O–H groups in total. The maximum atomic E-state index is 13.5. The van der Waals surface area contributed by atoms with Crippen LogP contribution in [0.3, 0.4) is 0 Å². The Morgan fingerprint density at radius 3 is 2.24 bits per heavy atom. The molecule has 2 amide bonds. The van der Waals surface area contributed by atoms with Gasteiger partial charge < -0.3 is 10.2 Å². The number of sulfonamides is 1. The number of halogens is 1. The summed E-state index contributed by atoms with van der Waals surface area (Å²) in [5.41, 5.74) is 1.24. The number of para-hydroxylation sites is 1. The first kappa shape index (κ1) is 26.7. The van der Waals surface area contributed by atoms with Gasteiger partial charge >= 0.3 is 0 Å². The predicted molar refractivity (Wildman–Crippen MR) is 133 cm³/mol. The maximum absolute atomic E-state index is 13.5. The van der Waals surface area contributed by atoms with Crippen LogP contribution in [0.1, 0.15) is 32.3 Å². The fraction of sp³-hybridized carbons (Fsp3) is 0.417. The molecule has 0 saturated carbocycles. The van der Waals surface area contributed by atoms with Crippen LogP contribution in [-0.2, 0) is 26.0 Å². The van der Waals surface area contributed by atoms with Gasteiger partial charge in [-0.25, -0.2) is 8.42 Å². The second-order valence-electron chi connectivity index (χ2n) is 7.76. The van der Waals surface area contributed by atoms with Gasteiger partial charge in [-0.3, -0.25) is 13.9 Å². The molecule has 0 saturated heterocycles. The minimum Gasteiger partial charge on any atom is -0.354 e. The van der Waals surface area contributed by atoms with Gasteiger partial charge in [0, 0.05) is 13.1 Å². The minimum atomic E-state index is -3.80. The third-order valence-electron chi connectivity index (χ3n) is 5.22. The van der Waals surface area contributed by atoms with Crippen molar-refractivity contribution >= 4 is 39.1 Å². The summed E-state index contributed by atoms with van der Waals surface area (Å²) in [6.45, 7) is 4.12. The summed E-state index contributed by atoms with van der Waals surface area (Å²) in [5, 5.41) is 3.08. The summed E-state index contributed by atoms with van der Waals surface area (Å²) in [5.74, 6) is -0.709. The summed E-state index contributed by atoms with van der Waals surface area (Å²) >= 11 is 6.23. The van der Waals surface area contributed by atoms with E-state index in [9.17, 15) is 18.0 Å². The highest BCUT2D eigenvalue weighted by Gasteiger charge is 2.31. The van der Waals surface area contributed by atoms with Crippen LogP contribution >= 0.6 is 11.6 Å². The first-order valence-corrected chi connectivity index (χ1v) is 13.2. The van der Waals surface area contributed by atoms with Crippen molar-refractivity contribution in [1.29, 1.82) is 0 Å². The highest BCUT2D eigenvalue weighted by molar-refractivity contribution is 7.92. The standard InChI is InChI=1S/C24H32ClN3O4S/c1-4-16-26-24(30)21(5-2)27(17-15-19-11-7-6-8-12-19)23(29)18-28(33(3,31)32)22-14-10-9-13-20(22)25/h6-14,21H,4-5,15-18H2,1-3H3,(H,26,30)/t21-/m0/s1. The van der Waals surface area contributed by atoms with Crippen LogP contribution in [0.4, 0.5) is 5.69 Å². The average molecular weight is 494 g/mol. The number of hydrogen-bond acceptors (Lipinski definition) is 4. The number of amides is 2. The Labute approximate surface area is 201 Å². The van der Waals surface area contributed by atoms with Gasteiger partial charge in [0.25, 0.3) is 0 Å². The van der Waals surface area contributed by atoms with Crippen molar-refractivity contribution in [3.8, 4) is 0 Å². The fourth-order valence-corrected chi connectivity index (χ4v) is 4.66. The van der Waals surface area contributed by atoms with Crippen molar-refractivity contribution in [3.05, 3.63) is 65.2 Å². The zero-order chi connectivity index (χ0) is 24.4. The van der Waals surface area contributed by atoms with Gasteiger partial charge in [-0.05, 0) is 37.0 Å². The summed E-state index contributed by atoms with van der Waals surface area (Å²) in [7, 11) is -3.80. The SMILES string of the molecule is CCCNC(=O)[C@H](CC)N(CCc1ccccc1)C(=O)CN(c1ccccc1Cl)S(C)(=O)=O. The van der Waals surface area contributed by atoms with Gasteiger partial charge in [0.1, 0.15) is 12.6 Å². The van der Waals surface area contributed by atoms with Gasteiger partial charge in [-0.15, -0.1) is 0 Å². The Morgan fingerprint density at radius 1 is 1.03 bits per heavy atom. The van der Waals surface area contributed by atoms with Crippen molar-refractivity contribution in [3.63, 3.8) is 0 Å². The second kappa shape index (κ2) is 12.6. The quantitative estimate of drug-likeness (QED) is 0.490. The van der Waals surface area contributed by atoms with Crippen LogP contribution in [0, 0.1) is 0 Å². The van der Waals surface area contributed by atoms with E-state index in [1.165, 1.54) is 4.90 Å². The smallest absolute Gasteiger partial charge is 0.244 e. The molecule has 0 unspecified atom stereocenters. The number of nitrogens with zero attached hydrogens (tertiary/aromatic N) is 2. The normalized spacial score (nSPS) is 12.1. The molecular weight excluding hydrogens is 462 g/mol. The Bertz CT molecular complexity index is 1030. The van der Waals surface area contributed by atoms with Crippen LogP contribution in [0.15, 0.2) is 54.6 Å². The molecule has 2 aromatic carbocycles. The molecule has 2 aromatic rings. The molecule has 0 heterocycles. The summed E-state index contributed by atoms with van der Waals surface area (Å²) in [4.78, 5) is 27.8. The van der Waals surface area contributed by atoms with E-state index in [0.29, 0.717) is 19.4 Å². The molecule has 0 aliphatic carbocycles. The number of nitrogens with one attached hydrogen (secondary N) is 1. The van der Waals surface area contributed by atoms with E-state index in [0.717, 1.165) is 22.5 Å². The third-order valence-corrected chi connectivity index (χ3v) is 6.67. The Hall–Kier alpha value is -2.58. The molecule has 0 spiro atoms. The third kappa shape index (κ3) is 7.75. The lowest BCUT2D eigenvalue weighted by molar-refractivity contribution is -0.139. The average Bonchev–Trinajstić information content (AvgIpc) is 2.79. The van der Waals surface area contributed by atoms with Crippen molar-refractivity contribution < 1.29 is 18.0 Å². The van der Waals surface area contributed by atoms with Crippen LogP contribution < -0.4 is 9.62 Å². The molecule has 0 aromatic heterocycles. The number of benzene rings is 2. The van der Waals surface area contributed by atoms with Crippen LogP contribution in [0.25, 0.3) is 0 Å². The lowest BCUT2D eigenvalue weighted by Crippen LogP contribution is -2.53. The predicted octanol–water partition coefficient (Wildman–Crippen LogP) is 3.48. The number of carbonyl (C=O) groups is 2. The van der Waals surface area contributed by atoms with Crippen LogP contribution in [0.5, 0.6) is 0 Å². The van der Waals surface area contributed by atoms with Gasteiger partial charge in [0.2, 0.25) is 21.8 Å². The van der Waals surface area contributed by atoms with E-state index in [2.05, 4.69) is 5.32 Å². The number of anilines is 1. The minimum absolute atomic E-state index is 0.222. The fourth-order valence-electron chi connectivity index (χ4n) is 3.51. The molecule has 7 nitrogen and oxygen atoms in total. The summed E-state index contributed by atoms with van der Waals surface area (Å²) < 4.78 is 26.1. The summed E-state index contributed by atoms with van der Waals surface area (Å²) in [6.07, 6.45) is 2.74. The molecule has 0 fully saturated rings. The second-order valence-corrected chi connectivity index (χ2v) is 10.1. The topological polar surface area (TPSA) is 86.8 Å². The van der Waals surface area contributed by atoms with Gasteiger partial charge in [0.15, 0.2) is 0 Å². The van der Waals surface area contributed by atoms with Gasteiger partial charge in [0.05, 0.1) is 17.0 Å². The zero-order valence-electron chi connectivity index (χ0n) is 19.3. The van der Waals surface area contributed by atoms with Crippen molar-refractivity contribution in [1.82, 2.24) is 10.2 Å². The molecule has 0 aliphatic heterocycles. The van der Waals surface area contributed by atoms with E-state index in [-0.39, 0.29) is 23.2 Å². The number of carbonyl (C=O) groups excluding carboxylic acids is 2. The first-order chi connectivity index (χ1) is 15.7.